The molecule has 0 saturated heterocycles. The zero-order valence-corrected chi connectivity index (χ0v) is 9.78. The standard InChI is InChI=1S/C11H11N3O2S/c15-11(16)8(6-1-2-6)14-10-9-7(3-4-17-9)12-5-13-10/h3-6,8H,1-2H2,(H,15,16)(H,12,13,14). The Morgan fingerprint density at radius 1 is 1.53 bits per heavy atom. The minimum absolute atomic E-state index is 0.234. The maximum atomic E-state index is 11.2. The summed E-state index contributed by atoms with van der Waals surface area (Å²) in [4.78, 5) is 19.4. The molecule has 2 heterocycles. The molecule has 1 unspecified atom stereocenters. The van der Waals surface area contributed by atoms with Gasteiger partial charge in [-0.1, -0.05) is 0 Å². The second-order valence-corrected chi connectivity index (χ2v) is 5.07. The van der Waals surface area contributed by atoms with Gasteiger partial charge in [-0.25, -0.2) is 14.8 Å². The van der Waals surface area contributed by atoms with Gasteiger partial charge in [0.25, 0.3) is 0 Å². The lowest BCUT2D eigenvalue weighted by atomic mass is 10.2. The van der Waals surface area contributed by atoms with Crippen LogP contribution in [0.15, 0.2) is 17.8 Å². The van der Waals surface area contributed by atoms with Crippen molar-refractivity contribution < 1.29 is 9.90 Å². The summed E-state index contributed by atoms with van der Waals surface area (Å²) in [5, 5.41) is 14.1. The Kier molecular flexibility index (Phi) is 2.44. The predicted molar refractivity (Wildman–Crippen MR) is 65.2 cm³/mol. The van der Waals surface area contributed by atoms with Gasteiger partial charge in [0, 0.05) is 0 Å². The lowest BCUT2D eigenvalue weighted by Crippen LogP contribution is -2.31. The van der Waals surface area contributed by atoms with Crippen LogP contribution in [-0.2, 0) is 4.79 Å². The molecule has 1 atom stereocenters. The Bertz CT molecular complexity index is 565. The van der Waals surface area contributed by atoms with E-state index in [1.165, 1.54) is 17.7 Å². The molecule has 1 saturated carbocycles. The van der Waals surface area contributed by atoms with Crippen molar-refractivity contribution in [2.75, 3.05) is 5.32 Å². The number of fused-ring (bicyclic) bond motifs is 1. The van der Waals surface area contributed by atoms with Crippen LogP contribution in [0.5, 0.6) is 0 Å². The molecule has 1 aliphatic carbocycles. The number of aliphatic carboxylic acids is 1. The van der Waals surface area contributed by atoms with Gasteiger partial charge in [0.05, 0.1) is 10.2 Å². The third-order valence-electron chi connectivity index (χ3n) is 2.89. The third kappa shape index (κ3) is 1.95. The third-order valence-corrected chi connectivity index (χ3v) is 3.81. The fourth-order valence-corrected chi connectivity index (χ4v) is 2.65. The van der Waals surface area contributed by atoms with E-state index in [1.807, 2.05) is 11.4 Å². The minimum Gasteiger partial charge on any atom is -0.480 e. The summed E-state index contributed by atoms with van der Waals surface area (Å²) in [6, 6.07) is 1.37. The highest BCUT2D eigenvalue weighted by molar-refractivity contribution is 7.17. The fraction of sp³-hybridized carbons (Fsp3) is 0.364. The molecule has 88 valence electrons. The van der Waals surface area contributed by atoms with Gasteiger partial charge in [-0.3, -0.25) is 0 Å². The Labute approximate surface area is 102 Å². The number of aromatic nitrogens is 2. The van der Waals surface area contributed by atoms with Crippen LogP contribution >= 0.6 is 11.3 Å². The molecule has 3 rings (SSSR count). The van der Waals surface area contributed by atoms with Crippen molar-refractivity contribution >= 4 is 33.3 Å². The highest BCUT2D eigenvalue weighted by Crippen LogP contribution is 2.35. The van der Waals surface area contributed by atoms with Crippen LogP contribution in [0.2, 0.25) is 0 Å². The zero-order chi connectivity index (χ0) is 11.8. The number of nitrogens with one attached hydrogen (secondary N) is 1. The van der Waals surface area contributed by atoms with E-state index in [9.17, 15) is 4.79 Å². The Morgan fingerprint density at radius 2 is 2.35 bits per heavy atom. The first-order chi connectivity index (χ1) is 8.25. The average Bonchev–Trinajstić information content (AvgIpc) is 3.02. The molecule has 1 aliphatic rings. The first-order valence-corrected chi connectivity index (χ1v) is 6.31. The van der Waals surface area contributed by atoms with E-state index in [-0.39, 0.29) is 5.92 Å². The first-order valence-electron chi connectivity index (χ1n) is 5.43. The summed E-state index contributed by atoms with van der Waals surface area (Å²) in [6.45, 7) is 0. The number of anilines is 1. The number of nitrogens with zero attached hydrogens (tertiary/aromatic N) is 2. The van der Waals surface area contributed by atoms with Crippen molar-refractivity contribution in [3.63, 3.8) is 0 Å². The highest BCUT2D eigenvalue weighted by Gasteiger charge is 2.36. The van der Waals surface area contributed by atoms with Crippen molar-refractivity contribution in [1.82, 2.24) is 9.97 Å². The quantitative estimate of drug-likeness (QED) is 0.866. The van der Waals surface area contributed by atoms with Crippen LogP contribution in [0.3, 0.4) is 0 Å². The number of hydrogen-bond donors (Lipinski definition) is 2. The van der Waals surface area contributed by atoms with Crippen molar-refractivity contribution in [2.24, 2.45) is 5.92 Å². The average molecular weight is 249 g/mol. The van der Waals surface area contributed by atoms with Gasteiger partial charge in [0.15, 0.2) is 0 Å². The van der Waals surface area contributed by atoms with Gasteiger partial charge in [-0.2, -0.15) is 0 Å². The van der Waals surface area contributed by atoms with E-state index >= 15 is 0 Å². The zero-order valence-electron chi connectivity index (χ0n) is 8.96. The van der Waals surface area contributed by atoms with Gasteiger partial charge in [0.1, 0.15) is 18.2 Å². The molecule has 0 amide bonds. The molecule has 0 aromatic carbocycles. The molecule has 2 aromatic rings. The van der Waals surface area contributed by atoms with Crippen LogP contribution in [0.4, 0.5) is 5.82 Å². The molecular weight excluding hydrogens is 238 g/mol. The van der Waals surface area contributed by atoms with Crippen molar-refractivity contribution in [1.29, 1.82) is 0 Å². The maximum absolute atomic E-state index is 11.2. The molecule has 2 aromatic heterocycles. The van der Waals surface area contributed by atoms with Crippen LogP contribution in [0.25, 0.3) is 10.2 Å². The Morgan fingerprint density at radius 3 is 3.06 bits per heavy atom. The summed E-state index contributed by atoms with van der Waals surface area (Å²) in [6.07, 6.45) is 3.41. The number of hydrogen-bond acceptors (Lipinski definition) is 5. The van der Waals surface area contributed by atoms with Crippen LogP contribution in [0.1, 0.15) is 12.8 Å². The number of carbonyl (C=O) groups is 1. The molecule has 5 nitrogen and oxygen atoms in total. The molecule has 17 heavy (non-hydrogen) atoms. The van der Waals surface area contributed by atoms with Crippen LogP contribution < -0.4 is 5.32 Å². The van der Waals surface area contributed by atoms with Crippen molar-refractivity contribution in [3.05, 3.63) is 17.8 Å². The summed E-state index contributed by atoms with van der Waals surface area (Å²) in [7, 11) is 0. The van der Waals surface area contributed by atoms with Crippen molar-refractivity contribution in [2.45, 2.75) is 18.9 Å². The smallest absolute Gasteiger partial charge is 0.326 e. The molecule has 6 heteroatoms. The van der Waals surface area contributed by atoms with E-state index in [1.54, 1.807) is 0 Å². The number of carboxylic acid groups (broad SMARTS) is 1. The van der Waals surface area contributed by atoms with E-state index in [0.29, 0.717) is 5.82 Å². The Balaban J connectivity index is 1.93. The Hall–Kier alpha value is -1.69. The number of carboxylic acids is 1. The van der Waals surface area contributed by atoms with Gasteiger partial charge >= 0.3 is 5.97 Å². The predicted octanol–water partition coefficient (Wildman–Crippen LogP) is 1.97. The molecule has 0 spiro atoms. The fourth-order valence-electron chi connectivity index (χ4n) is 1.85. The monoisotopic (exact) mass is 249 g/mol. The number of rotatable bonds is 4. The van der Waals surface area contributed by atoms with Crippen LogP contribution in [0, 0.1) is 5.92 Å². The summed E-state index contributed by atoms with van der Waals surface area (Å²) >= 11 is 1.52. The molecular formula is C11H11N3O2S. The van der Waals surface area contributed by atoms with E-state index in [4.69, 9.17) is 5.11 Å². The van der Waals surface area contributed by atoms with Gasteiger partial charge < -0.3 is 10.4 Å². The number of thiophene rings is 1. The van der Waals surface area contributed by atoms with Crippen molar-refractivity contribution in [3.8, 4) is 0 Å². The molecule has 1 fully saturated rings. The van der Waals surface area contributed by atoms with Gasteiger partial charge in [-0.15, -0.1) is 11.3 Å². The SMILES string of the molecule is O=C(O)C(Nc1ncnc2ccsc12)C1CC1. The molecule has 2 N–H and O–H groups in total. The van der Waals surface area contributed by atoms with E-state index in [2.05, 4.69) is 15.3 Å². The minimum atomic E-state index is -0.809. The summed E-state index contributed by atoms with van der Waals surface area (Å²) in [5.74, 6) is 0.0533. The maximum Gasteiger partial charge on any atom is 0.326 e. The van der Waals surface area contributed by atoms with Gasteiger partial charge in [-0.05, 0) is 30.2 Å². The lowest BCUT2D eigenvalue weighted by molar-refractivity contribution is -0.138. The van der Waals surface area contributed by atoms with E-state index in [0.717, 1.165) is 23.1 Å². The first kappa shape index (κ1) is 10.5. The normalized spacial score (nSPS) is 16.9. The summed E-state index contributed by atoms with van der Waals surface area (Å²) in [5.41, 5.74) is 0.854. The highest BCUT2D eigenvalue weighted by atomic mass is 32.1. The van der Waals surface area contributed by atoms with Crippen LogP contribution in [-0.4, -0.2) is 27.1 Å². The lowest BCUT2D eigenvalue weighted by Gasteiger charge is -2.14. The molecule has 0 aliphatic heterocycles. The topological polar surface area (TPSA) is 75.1 Å². The largest absolute Gasteiger partial charge is 0.480 e. The summed E-state index contributed by atoms with van der Waals surface area (Å²) < 4.78 is 0.916. The second kappa shape index (κ2) is 3.96. The van der Waals surface area contributed by atoms with E-state index < -0.39 is 12.0 Å². The van der Waals surface area contributed by atoms with Gasteiger partial charge in [0.2, 0.25) is 0 Å². The molecule has 0 bridgehead atoms. The second-order valence-electron chi connectivity index (χ2n) is 4.15. The molecule has 0 radical (unpaired) electrons.